The quantitative estimate of drug-likeness (QED) is 0.819. The first kappa shape index (κ1) is 12.0. The lowest BCUT2D eigenvalue weighted by atomic mass is 10.2. The largest absolute Gasteiger partial charge is 0.397 e. The molecule has 2 aromatic rings. The SMILES string of the molecule is CCN(CCc1cccs1)c1ccccc1N. The van der Waals surface area contributed by atoms with Crippen LogP contribution in [0.2, 0.25) is 0 Å². The van der Waals surface area contributed by atoms with Crippen LogP contribution in [0.1, 0.15) is 11.8 Å². The highest BCUT2D eigenvalue weighted by Gasteiger charge is 2.07. The Morgan fingerprint density at radius 2 is 2.00 bits per heavy atom. The molecule has 2 nitrogen and oxygen atoms in total. The predicted octanol–water partition coefficient (Wildman–Crippen LogP) is 3.40. The molecule has 0 radical (unpaired) electrons. The molecule has 3 heteroatoms. The fourth-order valence-corrected chi connectivity index (χ4v) is 2.62. The summed E-state index contributed by atoms with van der Waals surface area (Å²) >= 11 is 1.82. The number of para-hydroxylation sites is 2. The number of anilines is 2. The third-order valence-electron chi connectivity index (χ3n) is 2.87. The lowest BCUT2D eigenvalue weighted by Crippen LogP contribution is -2.25. The Morgan fingerprint density at radius 3 is 2.65 bits per heavy atom. The zero-order chi connectivity index (χ0) is 12.1. The maximum atomic E-state index is 6.01. The molecule has 0 unspecified atom stereocenters. The number of rotatable bonds is 5. The van der Waals surface area contributed by atoms with Gasteiger partial charge >= 0.3 is 0 Å². The topological polar surface area (TPSA) is 29.3 Å². The molecule has 0 atom stereocenters. The van der Waals surface area contributed by atoms with Gasteiger partial charge in [0.15, 0.2) is 0 Å². The van der Waals surface area contributed by atoms with Crippen LogP contribution in [0.3, 0.4) is 0 Å². The minimum absolute atomic E-state index is 0.862. The molecular formula is C14H18N2S. The van der Waals surface area contributed by atoms with Gasteiger partial charge in [0.1, 0.15) is 0 Å². The molecule has 90 valence electrons. The van der Waals surface area contributed by atoms with E-state index in [9.17, 15) is 0 Å². The Balaban J connectivity index is 2.04. The fraction of sp³-hybridized carbons (Fsp3) is 0.286. The highest BCUT2D eigenvalue weighted by Crippen LogP contribution is 2.22. The summed E-state index contributed by atoms with van der Waals surface area (Å²) in [5, 5.41) is 2.13. The molecule has 0 aliphatic rings. The number of nitrogens with zero attached hydrogens (tertiary/aromatic N) is 1. The summed E-state index contributed by atoms with van der Waals surface area (Å²) in [4.78, 5) is 3.76. The van der Waals surface area contributed by atoms with E-state index in [1.54, 1.807) is 0 Å². The minimum Gasteiger partial charge on any atom is -0.397 e. The molecule has 0 aliphatic heterocycles. The Morgan fingerprint density at radius 1 is 1.18 bits per heavy atom. The van der Waals surface area contributed by atoms with Crippen LogP contribution in [-0.4, -0.2) is 13.1 Å². The van der Waals surface area contributed by atoms with Gasteiger partial charge in [-0.05, 0) is 36.9 Å². The maximum absolute atomic E-state index is 6.01. The lowest BCUT2D eigenvalue weighted by molar-refractivity contribution is 0.816. The van der Waals surface area contributed by atoms with Crippen LogP contribution in [0.15, 0.2) is 41.8 Å². The Bertz CT molecular complexity index is 451. The zero-order valence-electron chi connectivity index (χ0n) is 10.1. The van der Waals surface area contributed by atoms with E-state index >= 15 is 0 Å². The number of hydrogen-bond donors (Lipinski definition) is 1. The van der Waals surface area contributed by atoms with E-state index in [1.165, 1.54) is 4.88 Å². The molecule has 17 heavy (non-hydrogen) atoms. The Labute approximate surface area is 107 Å². The molecule has 0 fully saturated rings. The molecule has 0 amide bonds. The zero-order valence-corrected chi connectivity index (χ0v) is 10.9. The van der Waals surface area contributed by atoms with Crippen LogP contribution in [-0.2, 0) is 6.42 Å². The second-order valence-electron chi connectivity index (χ2n) is 3.97. The number of hydrogen-bond acceptors (Lipinski definition) is 3. The molecular weight excluding hydrogens is 228 g/mol. The van der Waals surface area contributed by atoms with Crippen LogP contribution < -0.4 is 10.6 Å². The molecule has 2 rings (SSSR count). The van der Waals surface area contributed by atoms with Gasteiger partial charge in [-0.25, -0.2) is 0 Å². The summed E-state index contributed by atoms with van der Waals surface area (Å²) in [6, 6.07) is 12.4. The summed E-state index contributed by atoms with van der Waals surface area (Å²) in [7, 11) is 0. The normalized spacial score (nSPS) is 10.4. The maximum Gasteiger partial charge on any atom is 0.0599 e. The van der Waals surface area contributed by atoms with E-state index in [4.69, 9.17) is 5.73 Å². The van der Waals surface area contributed by atoms with Crippen molar-refractivity contribution in [2.45, 2.75) is 13.3 Å². The first-order valence-corrected chi connectivity index (χ1v) is 6.81. The molecule has 0 spiro atoms. The summed E-state index contributed by atoms with van der Waals surface area (Å²) < 4.78 is 0. The molecule has 0 saturated heterocycles. The highest BCUT2D eigenvalue weighted by molar-refractivity contribution is 7.09. The van der Waals surface area contributed by atoms with E-state index in [2.05, 4.69) is 35.4 Å². The summed E-state index contributed by atoms with van der Waals surface area (Å²) in [6.45, 7) is 4.17. The van der Waals surface area contributed by atoms with Crippen molar-refractivity contribution in [3.63, 3.8) is 0 Å². The van der Waals surface area contributed by atoms with Gasteiger partial charge in [0.25, 0.3) is 0 Å². The van der Waals surface area contributed by atoms with E-state index in [0.717, 1.165) is 30.9 Å². The van der Waals surface area contributed by atoms with E-state index < -0.39 is 0 Å². The minimum atomic E-state index is 0.862. The second-order valence-corrected chi connectivity index (χ2v) is 5.00. The van der Waals surface area contributed by atoms with Crippen molar-refractivity contribution in [3.05, 3.63) is 46.7 Å². The number of benzene rings is 1. The lowest BCUT2D eigenvalue weighted by Gasteiger charge is -2.24. The number of thiophene rings is 1. The van der Waals surface area contributed by atoms with Crippen LogP contribution >= 0.6 is 11.3 Å². The van der Waals surface area contributed by atoms with E-state index in [1.807, 2.05) is 29.5 Å². The molecule has 0 saturated carbocycles. The van der Waals surface area contributed by atoms with Gasteiger partial charge in [-0.2, -0.15) is 0 Å². The van der Waals surface area contributed by atoms with Crippen molar-refractivity contribution in [3.8, 4) is 0 Å². The van der Waals surface area contributed by atoms with Crippen LogP contribution in [0.5, 0.6) is 0 Å². The first-order valence-electron chi connectivity index (χ1n) is 5.93. The summed E-state index contributed by atoms with van der Waals surface area (Å²) in [5.74, 6) is 0. The third-order valence-corrected chi connectivity index (χ3v) is 3.80. The molecule has 1 heterocycles. The van der Waals surface area contributed by atoms with Crippen LogP contribution in [0.4, 0.5) is 11.4 Å². The van der Waals surface area contributed by atoms with Gasteiger partial charge in [-0.3, -0.25) is 0 Å². The van der Waals surface area contributed by atoms with E-state index in [0.29, 0.717) is 0 Å². The second kappa shape index (κ2) is 5.73. The van der Waals surface area contributed by atoms with Crippen LogP contribution in [0, 0.1) is 0 Å². The average Bonchev–Trinajstić information content (AvgIpc) is 2.85. The van der Waals surface area contributed by atoms with Crippen molar-refractivity contribution < 1.29 is 0 Å². The molecule has 0 aliphatic carbocycles. The number of likely N-dealkylation sites (N-methyl/N-ethyl adjacent to an activating group) is 1. The first-order chi connectivity index (χ1) is 8.31. The van der Waals surface area contributed by atoms with Crippen molar-refractivity contribution in [1.82, 2.24) is 0 Å². The van der Waals surface area contributed by atoms with Gasteiger partial charge in [0, 0.05) is 18.0 Å². The molecule has 1 aromatic heterocycles. The smallest absolute Gasteiger partial charge is 0.0599 e. The predicted molar refractivity (Wildman–Crippen MR) is 76.8 cm³/mol. The molecule has 0 bridgehead atoms. The average molecular weight is 246 g/mol. The fourth-order valence-electron chi connectivity index (χ4n) is 1.92. The Hall–Kier alpha value is -1.48. The van der Waals surface area contributed by atoms with Gasteiger partial charge in [-0.15, -0.1) is 11.3 Å². The van der Waals surface area contributed by atoms with Gasteiger partial charge in [0.05, 0.1) is 11.4 Å². The van der Waals surface area contributed by atoms with E-state index in [-0.39, 0.29) is 0 Å². The van der Waals surface area contributed by atoms with Gasteiger partial charge in [0.2, 0.25) is 0 Å². The number of nitrogens with two attached hydrogens (primary N) is 1. The van der Waals surface area contributed by atoms with Crippen molar-refractivity contribution in [1.29, 1.82) is 0 Å². The standard InChI is InChI=1S/C14H18N2S/c1-2-16(10-9-12-6-5-11-17-12)14-8-4-3-7-13(14)15/h3-8,11H,2,9-10,15H2,1H3. The molecule has 2 N–H and O–H groups in total. The monoisotopic (exact) mass is 246 g/mol. The Kier molecular flexibility index (Phi) is 4.04. The van der Waals surface area contributed by atoms with Crippen molar-refractivity contribution >= 4 is 22.7 Å². The van der Waals surface area contributed by atoms with Crippen molar-refractivity contribution in [2.75, 3.05) is 23.7 Å². The van der Waals surface area contributed by atoms with Crippen LogP contribution in [0.25, 0.3) is 0 Å². The molecule has 1 aromatic carbocycles. The van der Waals surface area contributed by atoms with Gasteiger partial charge in [-0.1, -0.05) is 18.2 Å². The number of nitrogen functional groups attached to an aromatic ring is 1. The third kappa shape index (κ3) is 3.01. The highest BCUT2D eigenvalue weighted by atomic mass is 32.1. The van der Waals surface area contributed by atoms with Crippen molar-refractivity contribution in [2.24, 2.45) is 0 Å². The van der Waals surface area contributed by atoms with Gasteiger partial charge < -0.3 is 10.6 Å². The summed E-state index contributed by atoms with van der Waals surface area (Å²) in [6.07, 6.45) is 1.08. The summed E-state index contributed by atoms with van der Waals surface area (Å²) in [5.41, 5.74) is 8.01.